The lowest BCUT2D eigenvalue weighted by Gasteiger charge is -2.34. The van der Waals surface area contributed by atoms with Gasteiger partial charge in [-0.25, -0.2) is 4.79 Å². The molecule has 3 rings (SSSR count). The van der Waals surface area contributed by atoms with E-state index in [1.807, 2.05) is 29.2 Å². The fraction of sp³-hybridized carbons (Fsp3) is 0.500. The van der Waals surface area contributed by atoms with Crippen LogP contribution in [0.15, 0.2) is 24.3 Å². The standard InChI is InChI=1S/C18H22ClN3O/c19-15-6-1-4-14(12-15)5-2-11-21-18(23)22(16-8-9-16)17-7-3-10-20-13-17/h1,4,6,12,16-17,20H,3,7-11,13H2,(H,21,23)/t17-/m1/s1. The maximum absolute atomic E-state index is 12.5. The monoisotopic (exact) mass is 331 g/mol. The van der Waals surface area contributed by atoms with Crippen molar-refractivity contribution in [3.63, 3.8) is 0 Å². The maximum atomic E-state index is 12.5. The minimum absolute atomic E-state index is 0.0154. The van der Waals surface area contributed by atoms with Crippen molar-refractivity contribution < 1.29 is 4.79 Å². The van der Waals surface area contributed by atoms with Crippen molar-refractivity contribution >= 4 is 17.6 Å². The molecule has 2 amide bonds. The Kier molecular flexibility index (Phi) is 5.43. The molecule has 0 bridgehead atoms. The lowest BCUT2D eigenvalue weighted by Crippen LogP contribution is -2.53. The van der Waals surface area contributed by atoms with Crippen molar-refractivity contribution in [3.8, 4) is 11.8 Å². The molecule has 2 fully saturated rings. The van der Waals surface area contributed by atoms with Gasteiger partial charge in [-0.05, 0) is 50.4 Å². The molecule has 1 atom stereocenters. The van der Waals surface area contributed by atoms with E-state index in [1.54, 1.807) is 0 Å². The third-order valence-corrected chi connectivity index (χ3v) is 4.46. The predicted molar refractivity (Wildman–Crippen MR) is 92.5 cm³/mol. The Morgan fingerprint density at radius 3 is 2.91 bits per heavy atom. The van der Waals surface area contributed by atoms with Crippen LogP contribution in [0.3, 0.4) is 0 Å². The number of hydrogen-bond acceptors (Lipinski definition) is 2. The van der Waals surface area contributed by atoms with Gasteiger partial charge >= 0.3 is 6.03 Å². The third kappa shape index (κ3) is 4.63. The largest absolute Gasteiger partial charge is 0.327 e. The van der Waals surface area contributed by atoms with Gasteiger partial charge in [0.15, 0.2) is 0 Å². The molecule has 122 valence electrons. The minimum Gasteiger partial charge on any atom is -0.327 e. The van der Waals surface area contributed by atoms with Gasteiger partial charge in [-0.1, -0.05) is 29.5 Å². The Bertz CT molecular complexity index is 612. The molecule has 1 saturated carbocycles. The summed E-state index contributed by atoms with van der Waals surface area (Å²) in [5, 5.41) is 7.00. The Morgan fingerprint density at radius 1 is 1.35 bits per heavy atom. The molecule has 1 aromatic carbocycles. The fourth-order valence-electron chi connectivity index (χ4n) is 2.98. The van der Waals surface area contributed by atoms with Crippen LogP contribution in [0.4, 0.5) is 4.79 Å². The van der Waals surface area contributed by atoms with Crippen LogP contribution in [0.25, 0.3) is 0 Å². The first-order valence-corrected chi connectivity index (χ1v) is 8.63. The first-order chi connectivity index (χ1) is 11.2. The second-order valence-electron chi connectivity index (χ2n) is 6.11. The van der Waals surface area contributed by atoms with Gasteiger partial charge in [0, 0.05) is 29.2 Å². The molecule has 1 aromatic rings. The van der Waals surface area contributed by atoms with Gasteiger partial charge in [-0.2, -0.15) is 0 Å². The molecular weight excluding hydrogens is 310 g/mol. The van der Waals surface area contributed by atoms with Crippen LogP contribution >= 0.6 is 11.6 Å². The molecule has 0 aromatic heterocycles. The molecule has 4 nitrogen and oxygen atoms in total. The van der Waals surface area contributed by atoms with Gasteiger partial charge in [0.05, 0.1) is 6.54 Å². The summed E-state index contributed by atoms with van der Waals surface area (Å²) in [5.41, 5.74) is 0.863. The first kappa shape index (κ1) is 16.2. The molecule has 2 aliphatic rings. The number of piperidine rings is 1. The Morgan fingerprint density at radius 2 is 2.22 bits per heavy atom. The molecular formula is C18H22ClN3O. The zero-order valence-corrected chi connectivity index (χ0v) is 13.9. The van der Waals surface area contributed by atoms with E-state index in [1.165, 1.54) is 0 Å². The molecule has 23 heavy (non-hydrogen) atoms. The Hall–Kier alpha value is -1.70. The van der Waals surface area contributed by atoms with E-state index in [4.69, 9.17) is 11.6 Å². The van der Waals surface area contributed by atoms with Crippen molar-refractivity contribution in [1.29, 1.82) is 0 Å². The molecule has 0 radical (unpaired) electrons. The number of carbonyl (C=O) groups excluding carboxylic acids is 1. The van der Waals surface area contributed by atoms with Crippen LogP contribution in [0.1, 0.15) is 31.2 Å². The normalized spacial score (nSPS) is 20.3. The summed E-state index contributed by atoms with van der Waals surface area (Å²) in [5.74, 6) is 6.02. The highest BCUT2D eigenvalue weighted by atomic mass is 35.5. The topological polar surface area (TPSA) is 44.4 Å². The summed E-state index contributed by atoms with van der Waals surface area (Å²) in [6.07, 6.45) is 4.47. The van der Waals surface area contributed by atoms with Crippen molar-refractivity contribution in [1.82, 2.24) is 15.5 Å². The van der Waals surface area contributed by atoms with Crippen LogP contribution in [0.5, 0.6) is 0 Å². The van der Waals surface area contributed by atoms with Crippen molar-refractivity contribution in [2.24, 2.45) is 0 Å². The quantitative estimate of drug-likeness (QED) is 0.836. The van der Waals surface area contributed by atoms with Crippen molar-refractivity contribution in [3.05, 3.63) is 34.9 Å². The summed E-state index contributed by atoms with van der Waals surface area (Å²) in [6.45, 7) is 2.31. The third-order valence-electron chi connectivity index (χ3n) is 4.22. The van der Waals surface area contributed by atoms with Gasteiger partial charge < -0.3 is 15.5 Å². The van der Waals surface area contributed by atoms with E-state index < -0.39 is 0 Å². The zero-order valence-electron chi connectivity index (χ0n) is 13.1. The van der Waals surface area contributed by atoms with E-state index in [9.17, 15) is 4.79 Å². The molecule has 1 aliphatic carbocycles. The van der Waals surface area contributed by atoms with E-state index in [2.05, 4.69) is 22.5 Å². The Balaban J connectivity index is 1.53. The van der Waals surface area contributed by atoms with E-state index in [-0.39, 0.29) is 6.03 Å². The van der Waals surface area contributed by atoms with E-state index in [0.717, 1.165) is 44.3 Å². The fourth-order valence-corrected chi connectivity index (χ4v) is 3.17. The number of benzene rings is 1. The van der Waals surface area contributed by atoms with Crippen molar-refractivity contribution in [2.75, 3.05) is 19.6 Å². The van der Waals surface area contributed by atoms with Crippen LogP contribution in [-0.4, -0.2) is 42.6 Å². The van der Waals surface area contributed by atoms with Crippen LogP contribution in [0, 0.1) is 11.8 Å². The zero-order chi connectivity index (χ0) is 16.1. The molecule has 1 saturated heterocycles. The maximum Gasteiger partial charge on any atom is 0.318 e. The number of nitrogens with one attached hydrogen (secondary N) is 2. The van der Waals surface area contributed by atoms with Gasteiger partial charge in [0.1, 0.15) is 0 Å². The first-order valence-electron chi connectivity index (χ1n) is 8.25. The van der Waals surface area contributed by atoms with Crippen LogP contribution in [0.2, 0.25) is 5.02 Å². The lowest BCUT2D eigenvalue weighted by molar-refractivity contribution is 0.157. The van der Waals surface area contributed by atoms with Crippen molar-refractivity contribution in [2.45, 2.75) is 37.8 Å². The smallest absolute Gasteiger partial charge is 0.318 e. The average Bonchev–Trinajstić information content (AvgIpc) is 3.38. The number of urea groups is 1. The number of carbonyl (C=O) groups is 1. The predicted octanol–water partition coefficient (Wildman–Crippen LogP) is 2.62. The second kappa shape index (κ2) is 7.72. The van der Waals surface area contributed by atoms with Gasteiger partial charge in [0.2, 0.25) is 0 Å². The molecule has 1 aliphatic heterocycles. The molecule has 2 N–H and O–H groups in total. The van der Waals surface area contributed by atoms with E-state index in [0.29, 0.717) is 23.7 Å². The molecule has 0 unspecified atom stereocenters. The summed E-state index contributed by atoms with van der Waals surface area (Å²) >= 11 is 5.93. The lowest BCUT2D eigenvalue weighted by atomic mass is 10.1. The van der Waals surface area contributed by atoms with Gasteiger partial charge in [0.25, 0.3) is 0 Å². The molecule has 5 heteroatoms. The van der Waals surface area contributed by atoms with E-state index >= 15 is 0 Å². The van der Waals surface area contributed by atoms with Crippen LogP contribution in [-0.2, 0) is 0 Å². The second-order valence-corrected chi connectivity index (χ2v) is 6.55. The molecule has 1 heterocycles. The molecule has 0 spiro atoms. The number of rotatable bonds is 3. The summed E-state index contributed by atoms with van der Waals surface area (Å²) in [7, 11) is 0. The SMILES string of the molecule is O=C(NCC#Cc1cccc(Cl)c1)N(C1CC1)[C@@H]1CCCNC1. The average molecular weight is 332 g/mol. The highest BCUT2D eigenvalue weighted by Crippen LogP contribution is 2.30. The number of hydrogen-bond donors (Lipinski definition) is 2. The van der Waals surface area contributed by atoms with Crippen LogP contribution < -0.4 is 10.6 Å². The summed E-state index contributed by atoms with van der Waals surface area (Å²) in [4.78, 5) is 14.5. The number of halogens is 1. The van der Waals surface area contributed by atoms with Gasteiger partial charge in [-0.3, -0.25) is 0 Å². The number of nitrogens with zero attached hydrogens (tertiary/aromatic N) is 1. The Labute approximate surface area is 142 Å². The highest BCUT2D eigenvalue weighted by molar-refractivity contribution is 6.30. The summed E-state index contributed by atoms with van der Waals surface area (Å²) < 4.78 is 0. The van der Waals surface area contributed by atoms with Gasteiger partial charge in [-0.15, -0.1) is 0 Å². The summed E-state index contributed by atoms with van der Waals surface area (Å²) in [6, 6.07) is 8.17. The minimum atomic E-state index is 0.0154. The number of amides is 2. The highest BCUT2D eigenvalue weighted by Gasteiger charge is 2.37.